The first-order valence-electron chi connectivity index (χ1n) is 6.52. The van der Waals surface area contributed by atoms with E-state index in [1.54, 1.807) is 6.07 Å². The molecule has 0 radical (unpaired) electrons. The van der Waals surface area contributed by atoms with Crippen LogP contribution in [0.5, 0.6) is 0 Å². The molecule has 2 N–H and O–H groups in total. The monoisotopic (exact) mass is 295 g/mol. The summed E-state index contributed by atoms with van der Waals surface area (Å²) in [6.45, 7) is 1.96. The van der Waals surface area contributed by atoms with Crippen LogP contribution in [-0.4, -0.2) is 30.8 Å². The number of anilines is 2. The molecule has 0 bridgehead atoms. The predicted molar refractivity (Wildman–Crippen MR) is 80.8 cm³/mol. The van der Waals surface area contributed by atoms with Crippen LogP contribution in [0.1, 0.15) is 5.56 Å². The van der Waals surface area contributed by atoms with Crippen LogP contribution in [0, 0.1) is 6.92 Å². The molecule has 2 heterocycles. The molecule has 0 spiro atoms. The molecule has 8 nitrogen and oxygen atoms in total. The summed E-state index contributed by atoms with van der Waals surface area (Å²) in [6.07, 6.45) is 4.26. The van der Waals surface area contributed by atoms with Gasteiger partial charge in [0.2, 0.25) is 0 Å². The minimum atomic E-state index is -0.381. The number of hydrogen-bond donors (Lipinski definition) is 2. The van der Waals surface area contributed by atoms with E-state index < -0.39 is 0 Å². The third-order valence-corrected chi connectivity index (χ3v) is 2.82. The lowest BCUT2D eigenvalue weighted by Crippen LogP contribution is -2.20. The Morgan fingerprint density at radius 1 is 1.14 bits per heavy atom. The maximum absolute atomic E-state index is 12.0. The first kappa shape index (κ1) is 13.7. The summed E-state index contributed by atoms with van der Waals surface area (Å²) in [7, 11) is 0. The Kier molecular flexibility index (Phi) is 3.73. The van der Waals surface area contributed by atoms with Gasteiger partial charge in [0.1, 0.15) is 24.8 Å². The normalized spacial score (nSPS) is 10.2. The third kappa shape index (κ3) is 3.23. The van der Waals surface area contributed by atoms with Crippen molar-refractivity contribution in [2.75, 3.05) is 10.6 Å². The summed E-state index contributed by atoms with van der Waals surface area (Å²) in [5.74, 6) is 0.879. The molecule has 0 fully saturated rings. The average Bonchev–Trinajstić information content (AvgIpc) is 3.01. The first-order valence-corrected chi connectivity index (χ1v) is 6.52. The van der Waals surface area contributed by atoms with Crippen molar-refractivity contribution in [1.29, 1.82) is 0 Å². The largest absolute Gasteiger partial charge is 0.324 e. The fourth-order valence-electron chi connectivity index (χ4n) is 1.87. The van der Waals surface area contributed by atoms with Crippen molar-refractivity contribution in [1.82, 2.24) is 24.7 Å². The molecular formula is C14H13N7O. The molecule has 110 valence electrons. The van der Waals surface area contributed by atoms with Crippen LogP contribution in [0.4, 0.5) is 16.3 Å². The standard InChI is InChI=1S/C14H13N7O/c1-10-3-2-4-11(5-10)19-14(22)20-12-6-13(17-8-16-12)21-9-15-7-18-21/h2-9H,1H3,(H2,16,17,19,20,22). The van der Waals surface area contributed by atoms with Crippen molar-refractivity contribution in [3.05, 3.63) is 54.9 Å². The minimum Gasteiger partial charge on any atom is -0.308 e. The van der Waals surface area contributed by atoms with Gasteiger partial charge in [-0.15, -0.1) is 0 Å². The van der Waals surface area contributed by atoms with Crippen LogP contribution in [0.2, 0.25) is 0 Å². The Bertz CT molecular complexity index is 785. The number of hydrogen-bond acceptors (Lipinski definition) is 5. The minimum absolute atomic E-state index is 0.366. The second-order valence-electron chi connectivity index (χ2n) is 4.55. The van der Waals surface area contributed by atoms with Crippen LogP contribution in [0.3, 0.4) is 0 Å². The maximum atomic E-state index is 12.0. The highest BCUT2D eigenvalue weighted by Gasteiger charge is 2.06. The molecule has 0 aliphatic heterocycles. The summed E-state index contributed by atoms with van der Waals surface area (Å²) in [5, 5.41) is 9.36. The summed E-state index contributed by atoms with van der Waals surface area (Å²) >= 11 is 0. The smallest absolute Gasteiger partial charge is 0.308 e. The van der Waals surface area contributed by atoms with E-state index in [-0.39, 0.29) is 6.03 Å². The SMILES string of the molecule is Cc1cccc(NC(=O)Nc2cc(-n3cncn3)ncn2)c1. The molecule has 0 atom stereocenters. The number of carbonyl (C=O) groups is 1. The Labute approximate surface area is 126 Å². The van der Waals surface area contributed by atoms with Crippen LogP contribution < -0.4 is 10.6 Å². The maximum Gasteiger partial charge on any atom is 0.324 e. The van der Waals surface area contributed by atoms with Crippen molar-refractivity contribution in [2.24, 2.45) is 0 Å². The zero-order valence-electron chi connectivity index (χ0n) is 11.8. The number of benzene rings is 1. The molecule has 0 saturated heterocycles. The van der Waals surface area contributed by atoms with Gasteiger partial charge in [0.25, 0.3) is 0 Å². The Morgan fingerprint density at radius 3 is 2.82 bits per heavy atom. The number of carbonyl (C=O) groups excluding carboxylic acids is 1. The molecule has 1 aromatic carbocycles. The van der Waals surface area contributed by atoms with E-state index in [9.17, 15) is 4.79 Å². The van der Waals surface area contributed by atoms with Gasteiger partial charge in [-0.25, -0.2) is 24.4 Å². The highest BCUT2D eigenvalue weighted by Crippen LogP contribution is 2.11. The van der Waals surface area contributed by atoms with Crippen LogP contribution >= 0.6 is 0 Å². The highest BCUT2D eigenvalue weighted by molar-refractivity contribution is 5.99. The Morgan fingerprint density at radius 2 is 2.05 bits per heavy atom. The third-order valence-electron chi connectivity index (χ3n) is 2.82. The van der Waals surface area contributed by atoms with Gasteiger partial charge >= 0.3 is 6.03 Å². The first-order chi connectivity index (χ1) is 10.7. The molecule has 3 aromatic rings. The molecule has 22 heavy (non-hydrogen) atoms. The van der Waals surface area contributed by atoms with Gasteiger partial charge in [0.05, 0.1) is 0 Å². The van der Waals surface area contributed by atoms with E-state index in [0.717, 1.165) is 5.56 Å². The van der Waals surface area contributed by atoms with Crippen LogP contribution in [-0.2, 0) is 0 Å². The molecule has 2 aromatic heterocycles. The van der Waals surface area contributed by atoms with Gasteiger partial charge in [-0.2, -0.15) is 5.10 Å². The molecule has 8 heteroatoms. The number of rotatable bonds is 3. The van der Waals surface area contributed by atoms with Gasteiger partial charge < -0.3 is 5.32 Å². The molecule has 3 rings (SSSR count). The van der Waals surface area contributed by atoms with Gasteiger partial charge in [-0.1, -0.05) is 12.1 Å². The fraction of sp³-hybridized carbons (Fsp3) is 0.0714. The fourth-order valence-corrected chi connectivity index (χ4v) is 1.87. The lowest BCUT2D eigenvalue weighted by atomic mass is 10.2. The average molecular weight is 295 g/mol. The summed E-state index contributed by atoms with van der Waals surface area (Å²) in [4.78, 5) is 23.9. The second-order valence-corrected chi connectivity index (χ2v) is 4.55. The lowest BCUT2D eigenvalue weighted by Gasteiger charge is -2.08. The van der Waals surface area contributed by atoms with E-state index in [1.807, 2.05) is 31.2 Å². The molecular weight excluding hydrogens is 282 g/mol. The van der Waals surface area contributed by atoms with E-state index in [4.69, 9.17) is 0 Å². The summed E-state index contributed by atoms with van der Waals surface area (Å²) in [5.41, 5.74) is 1.77. The molecule has 2 amide bonds. The number of amides is 2. The topological polar surface area (TPSA) is 97.6 Å². The zero-order valence-corrected chi connectivity index (χ0v) is 11.8. The second kappa shape index (κ2) is 6.00. The number of urea groups is 1. The number of aryl methyl sites for hydroxylation is 1. The van der Waals surface area contributed by atoms with E-state index in [0.29, 0.717) is 17.3 Å². The summed E-state index contributed by atoms with van der Waals surface area (Å²) in [6, 6.07) is 8.74. The van der Waals surface area contributed by atoms with Crippen molar-refractivity contribution in [3.63, 3.8) is 0 Å². The predicted octanol–water partition coefficient (Wildman–Crippen LogP) is 2.01. The van der Waals surface area contributed by atoms with Crippen molar-refractivity contribution in [2.45, 2.75) is 6.92 Å². The summed E-state index contributed by atoms with van der Waals surface area (Å²) < 4.78 is 1.48. The quantitative estimate of drug-likeness (QED) is 0.770. The van der Waals surface area contributed by atoms with Gasteiger partial charge in [0.15, 0.2) is 5.82 Å². The van der Waals surface area contributed by atoms with Crippen molar-refractivity contribution in [3.8, 4) is 5.82 Å². The molecule has 0 aliphatic carbocycles. The van der Waals surface area contributed by atoms with E-state index in [1.165, 1.54) is 23.7 Å². The van der Waals surface area contributed by atoms with E-state index in [2.05, 4.69) is 30.7 Å². The molecule has 0 saturated carbocycles. The number of nitrogens with one attached hydrogen (secondary N) is 2. The zero-order chi connectivity index (χ0) is 15.4. The molecule has 0 aliphatic rings. The van der Waals surface area contributed by atoms with Crippen molar-refractivity contribution < 1.29 is 4.79 Å². The van der Waals surface area contributed by atoms with E-state index >= 15 is 0 Å². The number of nitrogens with zero attached hydrogens (tertiary/aromatic N) is 5. The highest BCUT2D eigenvalue weighted by atomic mass is 16.2. The Hall–Kier alpha value is -3.29. The van der Waals surface area contributed by atoms with Gasteiger partial charge in [-0.05, 0) is 24.6 Å². The van der Waals surface area contributed by atoms with Gasteiger partial charge in [0, 0.05) is 11.8 Å². The number of aromatic nitrogens is 5. The molecule has 0 unspecified atom stereocenters. The van der Waals surface area contributed by atoms with Gasteiger partial charge in [-0.3, -0.25) is 5.32 Å². The van der Waals surface area contributed by atoms with Crippen molar-refractivity contribution >= 4 is 17.5 Å². The van der Waals surface area contributed by atoms with Crippen LogP contribution in [0.25, 0.3) is 5.82 Å². The van der Waals surface area contributed by atoms with Crippen LogP contribution in [0.15, 0.2) is 49.3 Å². The lowest BCUT2D eigenvalue weighted by molar-refractivity contribution is 0.262. The Balaban J connectivity index is 1.70.